The summed E-state index contributed by atoms with van der Waals surface area (Å²) in [5.74, 6) is 1.33. The zero-order chi connectivity index (χ0) is 12.3. The van der Waals surface area contributed by atoms with Crippen molar-refractivity contribution >= 4 is 0 Å². The Kier molecular flexibility index (Phi) is 4.48. The Hall–Kier alpha value is -0.0800. The Morgan fingerprint density at radius 1 is 1.24 bits per heavy atom. The highest BCUT2D eigenvalue weighted by molar-refractivity contribution is 4.97. The van der Waals surface area contributed by atoms with Gasteiger partial charge in [0.2, 0.25) is 0 Å². The van der Waals surface area contributed by atoms with E-state index in [1.165, 1.54) is 44.9 Å². The molecule has 2 heteroatoms. The normalized spacial score (nSPS) is 37.2. The zero-order valence-electron chi connectivity index (χ0n) is 11.3. The molecule has 2 saturated carbocycles. The molecule has 0 aromatic carbocycles. The molecule has 0 saturated heterocycles. The number of aliphatic hydroxyl groups is 1. The van der Waals surface area contributed by atoms with E-state index in [4.69, 9.17) is 5.73 Å². The molecule has 0 aliphatic heterocycles. The summed E-state index contributed by atoms with van der Waals surface area (Å²) < 4.78 is 0. The van der Waals surface area contributed by atoms with Crippen molar-refractivity contribution < 1.29 is 5.11 Å². The summed E-state index contributed by atoms with van der Waals surface area (Å²) in [5.41, 5.74) is 6.09. The first-order chi connectivity index (χ1) is 8.22. The minimum atomic E-state index is -0.135. The molecule has 2 fully saturated rings. The maximum absolute atomic E-state index is 10.8. The van der Waals surface area contributed by atoms with E-state index in [0.717, 1.165) is 18.8 Å². The predicted octanol–water partition coefficient (Wildman–Crippen LogP) is 3.08. The molecule has 17 heavy (non-hydrogen) atoms. The van der Waals surface area contributed by atoms with Crippen molar-refractivity contribution in [2.45, 2.75) is 70.8 Å². The van der Waals surface area contributed by atoms with Gasteiger partial charge >= 0.3 is 0 Å². The summed E-state index contributed by atoms with van der Waals surface area (Å²) in [6.45, 7) is 2.95. The highest BCUT2D eigenvalue weighted by Gasteiger charge is 2.45. The van der Waals surface area contributed by atoms with Crippen molar-refractivity contribution in [2.24, 2.45) is 23.0 Å². The number of rotatable bonds is 4. The molecule has 0 bridgehead atoms. The van der Waals surface area contributed by atoms with Gasteiger partial charge in [0.05, 0.1) is 6.10 Å². The summed E-state index contributed by atoms with van der Waals surface area (Å²) in [5, 5.41) is 10.8. The smallest absolute Gasteiger partial charge is 0.0636 e. The maximum Gasteiger partial charge on any atom is 0.0636 e. The lowest BCUT2D eigenvalue weighted by Crippen LogP contribution is -2.44. The van der Waals surface area contributed by atoms with Gasteiger partial charge in [-0.3, -0.25) is 0 Å². The second-order valence-electron chi connectivity index (χ2n) is 6.43. The van der Waals surface area contributed by atoms with Gasteiger partial charge in [-0.1, -0.05) is 32.6 Å². The molecule has 0 spiro atoms. The van der Waals surface area contributed by atoms with Crippen molar-refractivity contribution in [2.75, 3.05) is 6.54 Å². The molecule has 0 radical (unpaired) electrons. The van der Waals surface area contributed by atoms with E-state index in [0.29, 0.717) is 12.5 Å². The minimum Gasteiger partial charge on any atom is -0.392 e. The quantitative estimate of drug-likeness (QED) is 0.792. The first kappa shape index (κ1) is 13.4. The molecule has 0 aromatic heterocycles. The van der Waals surface area contributed by atoms with E-state index in [-0.39, 0.29) is 11.5 Å². The molecule has 3 unspecified atom stereocenters. The SMILES string of the molecule is CCC1CCC(CN)(C(O)C2CCCCC2)C1. The molecule has 2 aliphatic rings. The number of nitrogens with two attached hydrogens (primary N) is 1. The maximum atomic E-state index is 10.8. The molecule has 2 aliphatic carbocycles. The molecule has 0 aromatic rings. The highest BCUT2D eigenvalue weighted by Crippen LogP contribution is 2.48. The molecule has 3 atom stereocenters. The molecular weight excluding hydrogens is 210 g/mol. The molecule has 0 amide bonds. The van der Waals surface area contributed by atoms with Gasteiger partial charge in [0.25, 0.3) is 0 Å². The molecule has 100 valence electrons. The van der Waals surface area contributed by atoms with E-state index < -0.39 is 0 Å². The van der Waals surface area contributed by atoms with Gasteiger partial charge in [0.1, 0.15) is 0 Å². The van der Waals surface area contributed by atoms with Crippen molar-refractivity contribution in [1.29, 1.82) is 0 Å². The van der Waals surface area contributed by atoms with Crippen molar-refractivity contribution in [3.8, 4) is 0 Å². The lowest BCUT2D eigenvalue weighted by Gasteiger charge is -2.40. The third-order valence-corrected chi connectivity index (χ3v) is 5.45. The van der Waals surface area contributed by atoms with Crippen LogP contribution in [-0.2, 0) is 0 Å². The third kappa shape index (κ3) is 2.68. The van der Waals surface area contributed by atoms with Crippen molar-refractivity contribution in [3.05, 3.63) is 0 Å². The Morgan fingerprint density at radius 2 is 1.94 bits per heavy atom. The van der Waals surface area contributed by atoms with Crippen LogP contribution in [0.5, 0.6) is 0 Å². The number of hydrogen-bond donors (Lipinski definition) is 2. The fourth-order valence-corrected chi connectivity index (χ4v) is 4.14. The van der Waals surface area contributed by atoms with Crippen LogP contribution in [0.15, 0.2) is 0 Å². The van der Waals surface area contributed by atoms with Gasteiger partial charge in [-0.25, -0.2) is 0 Å². The topological polar surface area (TPSA) is 46.2 Å². The Morgan fingerprint density at radius 3 is 2.47 bits per heavy atom. The van der Waals surface area contributed by atoms with E-state index >= 15 is 0 Å². The minimum absolute atomic E-state index is 0.0582. The largest absolute Gasteiger partial charge is 0.392 e. The highest BCUT2D eigenvalue weighted by atomic mass is 16.3. The summed E-state index contributed by atoms with van der Waals surface area (Å²) in [6, 6.07) is 0. The second kappa shape index (κ2) is 5.71. The van der Waals surface area contributed by atoms with E-state index in [9.17, 15) is 5.11 Å². The van der Waals surface area contributed by atoms with Crippen LogP contribution in [0.2, 0.25) is 0 Å². The van der Waals surface area contributed by atoms with Crippen LogP contribution in [0.1, 0.15) is 64.7 Å². The van der Waals surface area contributed by atoms with Crippen LogP contribution in [0, 0.1) is 17.3 Å². The average molecular weight is 239 g/mol. The van der Waals surface area contributed by atoms with E-state index in [1.807, 2.05) is 0 Å². The fourth-order valence-electron chi connectivity index (χ4n) is 4.14. The van der Waals surface area contributed by atoms with Gasteiger partial charge in [0.15, 0.2) is 0 Å². The van der Waals surface area contributed by atoms with Gasteiger partial charge in [-0.05, 0) is 43.9 Å². The average Bonchev–Trinajstić information content (AvgIpc) is 2.84. The Balaban J connectivity index is 2.01. The molecule has 0 heterocycles. The monoisotopic (exact) mass is 239 g/mol. The Bertz CT molecular complexity index is 237. The fraction of sp³-hybridized carbons (Fsp3) is 1.00. The van der Waals surface area contributed by atoms with Crippen LogP contribution in [-0.4, -0.2) is 17.8 Å². The zero-order valence-corrected chi connectivity index (χ0v) is 11.3. The van der Waals surface area contributed by atoms with Crippen molar-refractivity contribution in [1.82, 2.24) is 0 Å². The van der Waals surface area contributed by atoms with E-state index in [1.54, 1.807) is 0 Å². The molecule has 2 rings (SSSR count). The van der Waals surface area contributed by atoms with Crippen LogP contribution in [0.4, 0.5) is 0 Å². The summed E-state index contributed by atoms with van der Waals surface area (Å²) in [7, 11) is 0. The second-order valence-corrected chi connectivity index (χ2v) is 6.43. The molecule has 3 N–H and O–H groups in total. The first-order valence-corrected chi connectivity index (χ1v) is 7.60. The van der Waals surface area contributed by atoms with Crippen molar-refractivity contribution in [3.63, 3.8) is 0 Å². The molecule has 2 nitrogen and oxygen atoms in total. The van der Waals surface area contributed by atoms with E-state index in [2.05, 4.69) is 6.92 Å². The first-order valence-electron chi connectivity index (χ1n) is 7.60. The number of aliphatic hydroxyl groups excluding tert-OH is 1. The van der Waals surface area contributed by atoms with Crippen LogP contribution in [0.3, 0.4) is 0 Å². The predicted molar refractivity (Wildman–Crippen MR) is 71.7 cm³/mol. The van der Waals surface area contributed by atoms with Crippen LogP contribution >= 0.6 is 0 Å². The number of hydrogen-bond acceptors (Lipinski definition) is 2. The lowest BCUT2D eigenvalue weighted by atomic mass is 9.70. The van der Waals surface area contributed by atoms with Gasteiger partial charge < -0.3 is 10.8 Å². The lowest BCUT2D eigenvalue weighted by molar-refractivity contribution is -0.0254. The summed E-state index contributed by atoms with van der Waals surface area (Å²) in [6.07, 6.45) is 11.1. The van der Waals surface area contributed by atoms with Crippen LogP contribution < -0.4 is 5.73 Å². The van der Waals surface area contributed by atoms with Gasteiger partial charge in [0, 0.05) is 12.0 Å². The third-order valence-electron chi connectivity index (χ3n) is 5.45. The van der Waals surface area contributed by atoms with Crippen LogP contribution in [0.25, 0.3) is 0 Å². The summed E-state index contributed by atoms with van der Waals surface area (Å²) >= 11 is 0. The van der Waals surface area contributed by atoms with Gasteiger partial charge in [-0.2, -0.15) is 0 Å². The molecular formula is C15H29NO. The Labute approximate surface area is 106 Å². The standard InChI is InChI=1S/C15H29NO/c1-2-12-8-9-15(10-12,11-16)14(17)13-6-4-3-5-7-13/h12-14,17H,2-11,16H2,1H3. The van der Waals surface area contributed by atoms with Gasteiger partial charge in [-0.15, -0.1) is 0 Å². The summed E-state index contributed by atoms with van der Waals surface area (Å²) in [4.78, 5) is 0.